The van der Waals surface area contributed by atoms with Gasteiger partial charge >= 0.3 is 0 Å². The standard InChI is InChI=1S/C16H22BrFN2O.2ClH/c17-13-1-2-15(18)14(11-13)16(12-3-9-21-10-4-12)20-7-5-19-6-8-20;;/h1-2,11-12,16,19H,3-10H2;2*1H/t16-;;/m0../s1. The third kappa shape index (κ3) is 5.28. The van der Waals surface area contributed by atoms with Crippen LogP contribution in [0.5, 0.6) is 0 Å². The summed E-state index contributed by atoms with van der Waals surface area (Å²) in [5, 5.41) is 3.38. The number of piperazine rings is 1. The summed E-state index contributed by atoms with van der Waals surface area (Å²) in [6.45, 7) is 5.51. The lowest BCUT2D eigenvalue weighted by atomic mass is 9.85. The van der Waals surface area contributed by atoms with E-state index in [4.69, 9.17) is 4.74 Å². The Kier molecular flexibility index (Phi) is 9.34. The molecule has 2 saturated heterocycles. The first kappa shape index (κ1) is 21.1. The molecule has 23 heavy (non-hydrogen) atoms. The second-order valence-electron chi connectivity index (χ2n) is 5.85. The molecule has 1 atom stereocenters. The summed E-state index contributed by atoms with van der Waals surface area (Å²) in [7, 11) is 0. The van der Waals surface area contributed by atoms with Crippen molar-refractivity contribution in [1.29, 1.82) is 0 Å². The van der Waals surface area contributed by atoms with Crippen molar-refractivity contribution in [2.24, 2.45) is 5.92 Å². The Morgan fingerprint density at radius 3 is 2.48 bits per heavy atom. The molecule has 1 aromatic carbocycles. The quantitative estimate of drug-likeness (QED) is 0.790. The number of ether oxygens (including phenoxy) is 1. The summed E-state index contributed by atoms with van der Waals surface area (Å²) in [6.07, 6.45) is 2.03. The molecule has 2 heterocycles. The van der Waals surface area contributed by atoms with E-state index >= 15 is 0 Å². The fourth-order valence-corrected chi connectivity index (χ4v) is 3.86. The van der Waals surface area contributed by atoms with Crippen molar-refractivity contribution in [3.05, 3.63) is 34.1 Å². The molecule has 0 aromatic heterocycles. The number of hydrogen-bond acceptors (Lipinski definition) is 3. The van der Waals surface area contributed by atoms with Gasteiger partial charge < -0.3 is 10.1 Å². The van der Waals surface area contributed by atoms with Crippen molar-refractivity contribution in [2.45, 2.75) is 18.9 Å². The molecule has 2 aliphatic heterocycles. The molecule has 3 rings (SSSR count). The molecule has 0 saturated carbocycles. The van der Waals surface area contributed by atoms with Crippen LogP contribution in [0.15, 0.2) is 22.7 Å². The maximum absolute atomic E-state index is 14.4. The van der Waals surface area contributed by atoms with Gasteiger partial charge in [0.25, 0.3) is 0 Å². The van der Waals surface area contributed by atoms with Gasteiger partial charge in [-0.05, 0) is 37.0 Å². The van der Waals surface area contributed by atoms with E-state index in [0.717, 1.165) is 62.3 Å². The highest BCUT2D eigenvalue weighted by molar-refractivity contribution is 9.10. The topological polar surface area (TPSA) is 24.5 Å². The van der Waals surface area contributed by atoms with E-state index in [1.807, 2.05) is 6.07 Å². The molecular weight excluding hydrogens is 406 g/mol. The SMILES string of the molecule is Cl.Cl.Fc1ccc(Br)cc1[C@H](C1CCOCC1)N1CCNCC1. The third-order valence-corrected chi connectivity index (χ3v) is 5.03. The van der Waals surface area contributed by atoms with Crippen molar-refractivity contribution >= 4 is 40.7 Å². The van der Waals surface area contributed by atoms with Crippen molar-refractivity contribution in [3.8, 4) is 0 Å². The molecule has 1 N–H and O–H groups in total. The predicted molar refractivity (Wildman–Crippen MR) is 99.3 cm³/mol. The number of nitrogens with one attached hydrogen (secondary N) is 1. The minimum atomic E-state index is -0.0896. The lowest BCUT2D eigenvalue weighted by molar-refractivity contribution is 0.0203. The van der Waals surface area contributed by atoms with Gasteiger partial charge in [0.15, 0.2) is 0 Å². The summed E-state index contributed by atoms with van der Waals surface area (Å²) in [5.41, 5.74) is 0.832. The summed E-state index contributed by atoms with van der Waals surface area (Å²) >= 11 is 3.49. The molecule has 2 fully saturated rings. The van der Waals surface area contributed by atoms with E-state index in [1.54, 1.807) is 12.1 Å². The van der Waals surface area contributed by atoms with Crippen LogP contribution in [0.3, 0.4) is 0 Å². The molecule has 0 radical (unpaired) electrons. The summed E-state index contributed by atoms with van der Waals surface area (Å²) < 4.78 is 20.9. The van der Waals surface area contributed by atoms with Crippen LogP contribution >= 0.6 is 40.7 Å². The molecular formula is C16H24BrCl2FN2O. The zero-order chi connectivity index (χ0) is 14.7. The lowest BCUT2D eigenvalue weighted by Gasteiger charge is -2.41. The summed E-state index contributed by atoms with van der Waals surface area (Å²) in [4.78, 5) is 2.44. The Balaban J connectivity index is 0.00000132. The highest BCUT2D eigenvalue weighted by Crippen LogP contribution is 2.37. The molecule has 0 bridgehead atoms. The van der Waals surface area contributed by atoms with Crippen LogP contribution in [0.2, 0.25) is 0 Å². The maximum atomic E-state index is 14.4. The van der Waals surface area contributed by atoms with E-state index < -0.39 is 0 Å². The first-order valence-electron chi connectivity index (χ1n) is 7.73. The van der Waals surface area contributed by atoms with Gasteiger partial charge in [0.2, 0.25) is 0 Å². The minimum Gasteiger partial charge on any atom is -0.381 e. The molecule has 3 nitrogen and oxygen atoms in total. The van der Waals surface area contributed by atoms with Crippen LogP contribution in [0.1, 0.15) is 24.4 Å². The second-order valence-corrected chi connectivity index (χ2v) is 6.76. The van der Waals surface area contributed by atoms with E-state index in [1.165, 1.54) is 0 Å². The van der Waals surface area contributed by atoms with Crippen LogP contribution in [0, 0.1) is 11.7 Å². The Bertz CT molecular complexity index is 465. The second kappa shape index (κ2) is 10.2. The smallest absolute Gasteiger partial charge is 0.128 e. The number of benzene rings is 1. The van der Waals surface area contributed by atoms with Crippen molar-refractivity contribution < 1.29 is 9.13 Å². The fourth-order valence-electron chi connectivity index (χ4n) is 3.48. The van der Waals surface area contributed by atoms with Crippen LogP contribution in [-0.2, 0) is 4.74 Å². The minimum absolute atomic E-state index is 0. The third-order valence-electron chi connectivity index (χ3n) is 4.53. The van der Waals surface area contributed by atoms with E-state index in [0.29, 0.717) is 5.92 Å². The van der Waals surface area contributed by atoms with E-state index in [-0.39, 0.29) is 36.7 Å². The zero-order valence-electron chi connectivity index (χ0n) is 13.0. The predicted octanol–water partition coefficient (Wildman–Crippen LogP) is 3.80. The average Bonchev–Trinajstić information content (AvgIpc) is 2.53. The molecule has 132 valence electrons. The molecule has 0 amide bonds. The van der Waals surface area contributed by atoms with Gasteiger partial charge in [0.1, 0.15) is 5.82 Å². The van der Waals surface area contributed by atoms with Gasteiger partial charge in [-0.15, -0.1) is 24.8 Å². The van der Waals surface area contributed by atoms with Gasteiger partial charge in [-0.25, -0.2) is 4.39 Å². The molecule has 0 unspecified atom stereocenters. The Labute approximate surface area is 158 Å². The lowest BCUT2D eigenvalue weighted by Crippen LogP contribution is -2.47. The molecule has 1 aromatic rings. The Morgan fingerprint density at radius 1 is 1.17 bits per heavy atom. The van der Waals surface area contributed by atoms with E-state index in [2.05, 4.69) is 26.1 Å². The highest BCUT2D eigenvalue weighted by atomic mass is 79.9. The maximum Gasteiger partial charge on any atom is 0.128 e. The van der Waals surface area contributed by atoms with Gasteiger partial charge in [-0.3, -0.25) is 4.90 Å². The number of rotatable bonds is 3. The van der Waals surface area contributed by atoms with Gasteiger partial charge in [0.05, 0.1) is 0 Å². The van der Waals surface area contributed by atoms with Gasteiger partial charge in [-0.1, -0.05) is 15.9 Å². The average molecular weight is 430 g/mol. The molecule has 0 aliphatic carbocycles. The molecule has 7 heteroatoms. The van der Waals surface area contributed by atoms with Crippen molar-refractivity contribution in [2.75, 3.05) is 39.4 Å². The molecule has 2 aliphatic rings. The summed E-state index contributed by atoms with van der Waals surface area (Å²) in [5.74, 6) is 0.383. The van der Waals surface area contributed by atoms with Gasteiger partial charge in [0, 0.05) is 55.5 Å². The monoisotopic (exact) mass is 428 g/mol. The van der Waals surface area contributed by atoms with Crippen LogP contribution in [0.25, 0.3) is 0 Å². The van der Waals surface area contributed by atoms with E-state index in [9.17, 15) is 4.39 Å². The number of halogens is 4. The zero-order valence-corrected chi connectivity index (χ0v) is 16.2. The number of nitrogens with zero attached hydrogens (tertiary/aromatic N) is 1. The Hall–Kier alpha value is 0.0900. The van der Waals surface area contributed by atoms with Crippen LogP contribution in [0.4, 0.5) is 4.39 Å². The highest BCUT2D eigenvalue weighted by Gasteiger charge is 2.32. The first-order valence-corrected chi connectivity index (χ1v) is 8.52. The normalized spacial score (nSPS) is 21.1. The van der Waals surface area contributed by atoms with Crippen molar-refractivity contribution in [1.82, 2.24) is 10.2 Å². The van der Waals surface area contributed by atoms with Crippen LogP contribution in [-0.4, -0.2) is 44.3 Å². The summed E-state index contributed by atoms with van der Waals surface area (Å²) in [6, 6.07) is 5.47. The first-order chi connectivity index (χ1) is 10.3. The Morgan fingerprint density at radius 2 is 1.83 bits per heavy atom. The fraction of sp³-hybridized carbons (Fsp3) is 0.625. The molecule has 0 spiro atoms. The largest absolute Gasteiger partial charge is 0.381 e. The van der Waals surface area contributed by atoms with Crippen LogP contribution < -0.4 is 5.32 Å². The number of hydrogen-bond donors (Lipinski definition) is 1. The van der Waals surface area contributed by atoms with Crippen molar-refractivity contribution in [3.63, 3.8) is 0 Å². The van der Waals surface area contributed by atoms with Gasteiger partial charge in [-0.2, -0.15) is 0 Å².